The molecule has 0 amide bonds. The summed E-state index contributed by atoms with van der Waals surface area (Å²) in [6, 6.07) is 4.93. The first-order chi connectivity index (χ1) is 7.67. The van der Waals surface area contributed by atoms with E-state index in [0.717, 1.165) is 0 Å². The minimum atomic E-state index is -1.91. The molecule has 0 heterocycles. The van der Waals surface area contributed by atoms with E-state index in [1.807, 2.05) is 0 Å². The van der Waals surface area contributed by atoms with Crippen molar-refractivity contribution in [1.29, 1.82) is 0 Å². The van der Waals surface area contributed by atoms with Gasteiger partial charge >= 0.3 is 0 Å². The van der Waals surface area contributed by atoms with Crippen LogP contribution in [0.25, 0.3) is 0 Å². The zero-order valence-corrected chi connectivity index (χ0v) is 12.5. The SMILES string of the molecule is COc1ccc(O)cc1O[Si](C)(C)C(C)(C)C. The molecule has 0 unspecified atom stereocenters. The molecule has 0 aliphatic rings. The van der Waals surface area contributed by atoms with Crippen LogP contribution in [-0.2, 0) is 0 Å². The van der Waals surface area contributed by atoms with Crippen molar-refractivity contribution in [2.45, 2.75) is 38.9 Å². The summed E-state index contributed by atoms with van der Waals surface area (Å²) >= 11 is 0. The van der Waals surface area contributed by atoms with Gasteiger partial charge in [-0.3, -0.25) is 0 Å². The molecule has 0 aromatic heterocycles. The molecule has 0 aliphatic heterocycles. The molecule has 0 aliphatic carbocycles. The fourth-order valence-electron chi connectivity index (χ4n) is 1.17. The summed E-state index contributed by atoms with van der Waals surface area (Å²) in [6.45, 7) is 10.9. The van der Waals surface area contributed by atoms with Crippen molar-refractivity contribution in [2.75, 3.05) is 7.11 Å². The van der Waals surface area contributed by atoms with Crippen molar-refractivity contribution >= 4 is 8.32 Å². The van der Waals surface area contributed by atoms with Gasteiger partial charge in [-0.1, -0.05) is 20.8 Å². The Morgan fingerprint density at radius 2 is 1.71 bits per heavy atom. The lowest BCUT2D eigenvalue weighted by Gasteiger charge is -2.36. The van der Waals surface area contributed by atoms with Gasteiger partial charge in [0.15, 0.2) is 5.75 Å². The Labute approximate surface area is 105 Å². The standard InChI is InChI=1S/C13H22O3Si/c1-13(2,3)17(5,6)16-12-9-10(14)7-8-11(12)15-4/h7-9,14H,1-6H3. The third kappa shape index (κ3) is 3.16. The number of rotatable bonds is 3. The number of ether oxygens (including phenoxy) is 1. The van der Waals surface area contributed by atoms with Gasteiger partial charge in [-0.25, -0.2) is 0 Å². The quantitative estimate of drug-likeness (QED) is 0.834. The molecule has 1 aromatic carbocycles. The highest BCUT2D eigenvalue weighted by molar-refractivity contribution is 6.74. The summed E-state index contributed by atoms with van der Waals surface area (Å²) in [6.07, 6.45) is 0. The van der Waals surface area contributed by atoms with Crippen LogP contribution in [0.5, 0.6) is 17.2 Å². The Bertz CT molecular complexity index is 394. The molecule has 0 atom stereocenters. The second-order valence-corrected chi connectivity index (χ2v) is 10.4. The zero-order chi connectivity index (χ0) is 13.3. The second-order valence-electron chi connectivity index (χ2n) is 5.70. The molecular formula is C13H22O3Si. The van der Waals surface area contributed by atoms with E-state index in [9.17, 15) is 5.11 Å². The predicted octanol–water partition coefficient (Wildman–Crippen LogP) is 3.78. The summed E-state index contributed by atoms with van der Waals surface area (Å²) in [4.78, 5) is 0. The average molecular weight is 254 g/mol. The smallest absolute Gasteiger partial charge is 0.250 e. The minimum absolute atomic E-state index is 0.115. The number of aromatic hydroxyl groups is 1. The molecular weight excluding hydrogens is 232 g/mol. The fraction of sp³-hybridized carbons (Fsp3) is 0.538. The third-order valence-electron chi connectivity index (χ3n) is 3.32. The van der Waals surface area contributed by atoms with Gasteiger partial charge in [-0.2, -0.15) is 0 Å². The van der Waals surface area contributed by atoms with E-state index in [1.54, 1.807) is 25.3 Å². The normalized spacial score (nSPS) is 12.4. The van der Waals surface area contributed by atoms with E-state index in [1.165, 1.54) is 0 Å². The highest BCUT2D eigenvalue weighted by atomic mass is 28.4. The van der Waals surface area contributed by atoms with Crippen LogP contribution < -0.4 is 9.16 Å². The van der Waals surface area contributed by atoms with Gasteiger partial charge in [0, 0.05) is 6.07 Å². The molecule has 0 bridgehead atoms. The van der Waals surface area contributed by atoms with Gasteiger partial charge in [0.25, 0.3) is 8.32 Å². The highest BCUT2D eigenvalue weighted by Crippen LogP contribution is 2.40. The van der Waals surface area contributed by atoms with Crippen LogP contribution in [0.4, 0.5) is 0 Å². The van der Waals surface area contributed by atoms with Gasteiger partial charge < -0.3 is 14.3 Å². The Morgan fingerprint density at radius 1 is 1.12 bits per heavy atom. The van der Waals surface area contributed by atoms with E-state index in [2.05, 4.69) is 33.9 Å². The van der Waals surface area contributed by atoms with E-state index in [4.69, 9.17) is 9.16 Å². The Morgan fingerprint density at radius 3 is 2.18 bits per heavy atom. The first-order valence-corrected chi connectivity index (χ1v) is 8.64. The lowest BCUT2D eigenvalue weighted by Crippen LogP contribution is -2.43. The van der Waals surface area contributed by atoms with Crippen LogP contribution in [-0.4, -0.2) is 20.5 Å². The fourth-order valence-corrected chi connectivity index (χ4v) is 2.19. The van der Waals surface area contributed by atoms with E-state index in [-0.39, 0.29) is 10.8 Å². The van der Waals surface area contributed by atoms with E-state index < -0.39 is 8.32 Å². The monoisotopic (exact) mass is 254 g/mol. The lowest BCUT2D eigenvalue weighted by atomic mass is 10.2. The molecule has 0 fully saturated rings. The molecule has 1 N–H and O–H groups in total. The van der Waals surface area contributed by atoms with Crippen LogP contribution >= 0.6 is 0 Å². The minimum Gasteiger partial charge on any atom is -0.541 e. The molecule has 3 nitrogen and oxygen atoms in total. The van der Waals surface area contributed by atoms with Crippen LogP contribution in [0.2, 0.25) is 18.1 Å². The molecule has 0 spiro atoms. The largest absolute Gasteiger partial charge is 0.541 e. The summed E-state index contributed by atoms with van der Waals surface area (Å²) < 4.78 is 11.4. The first kappa shape index (κ1) is 13.9. The van der Waals surface area contributed by atoms with Crippen molar-refractivity contribution in [3.63, 3.8) is 0 Å². The molecule has 0 saturated heterocycles. The predicted molar refractivity (Wildman–Crippen MR) is 72.5 cm³/mol. The zero-order valence-electron chi connectivity index (χ0n) is 11.5. The Balaban J connectivity index is 3.06. The van der Waals surface area contributed by atoms with Gasteiger partial charge in [0.05, 0.1) is 7.11 Å². The van der Waals surface area contributed by atoms with Crippen LogP contribution in [0.15, 0.2) is 18.2 Å². The van der Waals surface area contributed by atoms with Crippen molar-refractivity contribution < 1.29 is 14.3 Å². The number of methoxy groups -OCH3 is 1. The summed E-state index contributed by atoms with van der Waals surface area (Å²) in [5, 5.41) is 9.63. The number of benzene rings is 1. The molecule has 0 saturated carbocycles. The lowest BCUT2D eigenvalue weighted by molar-refractivity contribution is 0.382. The molecule has 17 heavy (non-hydrogen) atoms. The third-order valence-corrected chi connectivity index (χ3v) is 7.66. The van der Waals surface area contributed by atoms with Crippen molar-refractivity contribution in [3.05, 3.63) is 18.2 Å². The first-order valence-electron chi connectivity index (χ1n) is 5.73. The van der Waals surface area contributed by atoms with Gasteiger partial charge in [0.1, 0.15) is 11.5 Å². The van der Waals surface area contributed by atoms with Gasteiger partial charge in [0.2, 0.25) is 0 Å². The topological polar surface area (TPSA) is 38.7 Å². The maximum absolute atomic E-state index is 9.51. The number of hydrogen-bond donors (Lipinski definition) is 1. The van der Waals surface area contributed by atoms with Crippen LogP contribution in [0.3, 0.4) is 0 Å². The van der Waals surface area contributed by atoms with Crippen LogP contribution in [0, 0.1) is 0 Å². The second kappa shape index (κ2) is 4.60. The van der Waals surface area contributed by atoms with E-state index in [0.29, 0.717) is 11.5 Å². The van der Waals surface area contributed by atoms with Crippen molar-refractivity contribution in [3.8, 4) is 17.2 Å². The summed E-state index contributed by atoms with van der Waals surface area (Å²) in [5.41, 5.74) is 0. The molecule has 4 heteroatoms. The van der Waals surface area contributed by atoms with Crippen molar-refractivity contribution in [1.82, 2.24) is 0 Å². The summed E-state index contributed by atoms with van der Waals surface area (Å²) in [5.74, 6) is 1.48. The van der Waals surface area contributed by atoms with E-state index >= 15 is 0 Å². The maximum Gasteiger partial charge on any atom is 0.250 e. The number of phenols is 1. The average Bonchev–Trinajstić information content (AvgIpc) is 2.15. The van der Waals surface area contributed by atoms with Crippen LogP contribution in [0.1, 0.15) is 20.8 Å². The molecule has 1 aromatic rings. The molecule has 96 valence electrons. The Hall–Kier alpha value is -1.16. The molecule has 0 radical (unpaired) electrons. The number of phenolic OH excluding ortho intramolecular Hbond substituents is 1. The maximum atomic E-state index is 9.51. The summed E-state index contributed by atoms with van der Waals surface area (Å²) in [7, 11) is -0.305. The van der Waals surface area contributed by atoms with Gasteiger partial charge in [-0.15, -0.1) is 0 Å². The highest BCUT2D eigenvalue weighted by Gasteiger charge is 2.39. The Kier molecular flexibility index (Phi) is 3.77. The van der Waals surface area contributed by atoms with Crippen molar-refractivity contribution in [2.24, 2.45) is 0 Å². The van der Waals surface area contributed by atoms with Gasteiger partial charge in [-0.05, 0) is 30.3 Å². The molecule has 1 rings (SSSR count). The number of hydrogen-bond acceptors (Lipinski definition) is 3.